The van der Waals surface area contributed by atoms with Crippen LogP contribution in [-0.2, 0) is 6.42 Å². The first-order valence-electron chi connectivity index (χ1n) is 10.1. The summed E-state index contributed by atoms with van der Waals surface area (Å²) in [5.41, 5.74) is 2.08. The van der Waals surface area contributed by atoms with Crippen LogP contribution in [0.5, 0.6) is 5.88 Å². The van der Waals surface area contributed by atoms with Crippen LogP contribution in [0.1, 0.15) is 19.5 Å². The highest BCUT2D eigenvalue weighted by molar-refractivity contribution is 7.99. The Labute approximate surface area is 175 Å². The Hall–Kier alpha value is -2.26. The van der Waals surface area contributed by atoms with E-state index in [1.54, 1.807) is 24.0 Å². The summed E-state index contributed by atoms with van der Waals surface area (Å²) in [6.07, 6.45) is 2.58. The number of nitrogens with one attached hydrogen (secondary N) is 1. The van der Waals surface area contributed by atoms with Gasteiger partial charge in [0.2, 0.25) is 11.8 Å². The average Bonchev–Trinajstić information content (AvgIpc) is 3.20. The van der Waals surface area contributed by atoms with Crippen LogP contribution >= 0.6 is 11.8 Å². The van der Waals surface area contributed by atoms with Gasteiger partial charge >= 0.3 is 0 Å². The number of rotatable bonds is 6. The van der Waals surface area contributed by atoms with Gasteiger partial charge in [-0.2, -0.15) is 4.98 Å². The molecule has 9 heteroatoms. The maximum atomic E-state index is 9.73. The molecule has 4 heterocycles. The molecule has 0 radical (unpaired) electrons. The molecule has 0 aromatic carbocycles. The highest BCUT2D eigenvalue weighted by Gasteiger charge is 2.26. The molecule has 3 N–H and O–H groups in total. The Kier molecular flexibility index (Phi) is 5.96. The predicted molar refractivity (Wildman–Crippen MR) is 116 cm³/mol. The van der Waals surface area contributed by atoms with Crippen molar-refractivity contribution in [3.05, 3.63) is 24.0 Å². The van der Waals surface area contributed by atoms with Gasteiger partial charge in [0.25, 0.3) is 0 Å². The lowest BCUT2D eigenvalue weighted by molar-refractivity contribution is 0.249. The number of aliphatic hydroxyl groups is 1. The molecule has 0 saturated carbocycles. The smallest absolute Gasteiger partial charge is 0.227 e. The SMILES string of the molecule is CC(C)C(CO)Nc1nc(N2CCN(c3ccnc(O)c3)CC2)nc2c1SCC2. The first-order chi connectivity index (χ1) is 14.0. The normalized spacial score (nSPS) is 17.5. The molecule has 156 valence electrons. The van der Waals surface area contributed by atoms with Crippen molar-refractivity contribution in [3.8, 4) is 5.88 Å². The van der Waals surface area contributed by atoms with Crippen LogP contribution < -0.4 is 15.1 Å². The van der Waals surface area contributed by atoms with Crippen LogP contribution in [0.25, 0.3) is 0 Å². The van der Waals surface area contributed by atoms with E-state index in [0.29, 0.717) is 5.92 Å². The summed E-state index contributed by atoms with van der Waals surface area (Å²) in [7, 11) is 0. The molecule has 2 aliphatic heterocycles. The number of aromatic nitrogens is 3. The highest BCUT2D eigenvalue weighted by Crippen LogP contribution is 2.37. The number of aliphatic hydroxyl groups excluding tert-OH is 1. The largest absolute Gasteiger partial charge is 0.493 e. The van der Waals surface area contributed by atoms with Crippen molar-refractivity contribution in [2.75, 3.05) is 53.7 Å². The molecule has 1 saturated heterocycles. The third-order valence-corrected chi connectivity index (χ3v) is 6.62. The molecule has 1 unspecified atom stereocenters. The molecular weight excluding hydrogens is 388 g/mol. The summed E-state index contributed by atoms with van der Waals surface area (Å²) in [5.74, 6) is 2.98. The van der Waals surface area contributed by atoms with E-state index < -0.39 is 0 Å². The van der Waals surface area contributed by atoms with Crippen molar-refractivity contribution in [3.63, 3.8) is 0 Å². The average molecular weight is 417 g/mol. The van der Waals surface area contributed by atoms with E-state index in [2.05, 4.69) is 33.9 Å². The van der Waals surface area contributed by atoms with Gasteiger partial charge in [0.1, 0.15) is 5.82 Å². The van der Waals surface area contributed by atoms with E-state index in [1.807, 2.05) is 6.07 Å². The van der Waals surface area contributed by atoms with Gasteiger partial charge in [0, 0.05) is 56.3 Å². The molecule has 0 bridgehead atoms. The molecule has 1 atom stereocenters. The highest BCUT2D eigenvalue weighted by atomic mass is 32.2. The fraction of sp³-hybridized carbons (Fsp3) is 0.550. The monoisotopic (exact) mass is 416 g/mol. The topological polar surface area (TPSA) is 97.6 Å². The molecule has 4 rings (SSSR count). The number of aryl methyl sites for hydroxylation is 1. The van der Waals surface area contributed by atoms with Crippen LogP contribution in [0.3, 0.4) is 0 Å². The number of hydrogen-bond acceptors (Lipinski definition) is 9. The third kappa shape index (κ3) is 4.35. The van der Waals surface area contributed by atoms with Crippen LogP contribution in [0, 0.1) is 5.92 Å². The van der Waals surface area contributed by atoms with Crippen molar-refractivity contribution >= 4 is 29.2 Å². The van der Waals surface area contributed by atoms with Gasteiger partial charge in [-0.3, -0.25) is 0 Å². The minimum atomic E-state index is -0.0285. The second-order valence-corrected chi connectivity index (χ2v) is 8.88. The van der Waals surface area contributed by atoms with E-state index in [4.69, 9.17) is 9.97 Å². The van der Waals surface area contributed by atoms with Gasteiger partial charge < -0.3 is 25.3 Å². The van der Waals surface area contributed by atoms with Gasteiger partial charge in [-0.1, -0.05) is 13.8 Å². The fourth-order valence-corrected chi connectivity index (χ4v) is 4.72. The second kappa shape index (κ2) is 8.62. The Morgan fingerprint density at radius 1 is 1.17 bits per heavy atom. The quantitative estimate of drug-likeness (QED) is 0.653. The molecule has 8 nitrogen and oxygen atoms in total. The minimum Gasteiger partial charge on any atom is -0.493 e. The minimum absolute atomic E-state index is 0.0285. The van der Waals surface area contributed by atoms with E-state index >= 15 is 0 Å². The second-order valence-electron chi connectivity index (χ2n) is 7.77. The molecule has 2 aromatic rings. The standard InChI is InChI=1S/C20H28N6O2S/c1-13(2)16(12-27)22-19-18-15(4-10-29-18)23-20(24-19)26-8-6-25(7-9-26)14-3-5-21-17(28)11-14/h3,5,11,13,16,27H,4,6-10,12H2,1-2H3,(H,21,28)(H,22,23,24). The Morgan fingerprint density at radius 3 is 2.62 bits per heavy atom. The molecule has 1 fully saturated rings. The zero-order valence-electron chi connectivity index (χ0n) is 16.9. The van der Waals surface area contributed by atoms with Gasteiger partial charge in [-0.05, 0) is 12.0 Å². The molecule has 0 aliphatic carbocycles. The van der Waals surface area contributed by atoms with E-state index in [9.17, 15) is 10.2 Å². The van der Waals surface area contributed by atoms with Crippen molar-refractivity contribution in [2.24, 2.45) is 5.92 Å². The van der Waals surface area contributed by atoms with Crippen LogP contribution in [0.2, 0.25) is 0 Å². The number of aromatic hydroxyl groups is 1. The predicted octanol–water partition coefficient (Wildman–Crippen LogP) is 1.98. The van der Waals surface area contributed by atoms with E-state index in [1.165, 1.54) is 0 Å². The van der Waals surface area contributed by atoms with Crippen LogP contribution in [-0.4, -0.2) is 69.7 Å². The Bertz CT molecular complexity index is 857. The lowest BCUT2D eigenvalue weighted by Crippen LogP contribution is -2.47. The Balaban J connectivity index is 1.51. The summed E-state index contributed by atoms with van der Waals surface area (Å²) in [6.45, 7) is 7.54. The van der Waals surface area contributed by atoms with Crippen LogP contribution in [0.4, 0.5) is 17.5 Å². The zero-order chi connectivity index (χ0) is 20.4. The number of pyridine rings is 1. The summed E-state index contributed by atoms with van der Waals surface area (Å²) < 4.78 is 0. The summed E-state index contributed by atoms with van der Waals surface area (Å²) in [4.78, 5) is 19.1. The fourth-order valence-electron chi connectivity index (χ4n) is 3.66. The molecule has 2 aromatic heterocycles. The molecule has 0 spiro atoms. The maximum absolute atomic E-state index is 9.73. The number of nitrogens with zero attached hydrogens (tertiary/aromatic N) is 5. The molecule has 0 amide bonds. The number of thioether (sulfide) groups is 1. The van der Waals surface area contributed by atoms with Gasteiger partial charge in [0.05, 0.1) is 23.2 Å². The Morgan fingerprint density at radius 2 is 1.93 bits per heavy atom. The number of hydrogen-bond donors (Lipinski definition) is 3. The van der Waals surface area contributed by atoms with Crippen molar-refractivity contribution in [1.82, 2.24) is 15.0 Å². The molecule has 29 heavy (non-hydrogen) atoms. The molecule has 2 aliphatic rings. The number of fused-ring (bicyclic) bond motifs is 1. The zero-order valence-corrected chi connectivity index (χ0v) is 17.7. The van der Waals surface area contributed by atoms with Crippen LogP contribution in [0.15, 0.2) is 23.2 Å². The third-order valence-electron chi connectivity index (χ3n) is 5.49. The first kappa shape index (κ1) is 20.0. The number of piperazine rings is 1. The lowest BCUT2D eigenvalue weighted by Gasteiger charge is -2.36. The van der Waals surface area contributed by atoms with Gasteiger partial charge in [-0.15, -0.1) is 11.8 Å². The first-order valence-corrected chi connectivity index (χ1v) is 11.1. The molecular formula is C20H28N6O2S. The van der Waals surface area contributed by atoms with Gasteiger partial charge in [-0.25, -0.2) is 9.97 Å². The number of anilines is 3. The summed E-state index contributed by atoms with van der Waals surface area (Å²) in [5, 5.41) is 22.8. The summed E-state index contributed by atoms with van der Waals surface area (Å²) >= 11 is 1.79. The van der Waals surface area contributed by atoms with Crippen molar-refractivity contribution in [1.29, 1.82) is 0 Å². The van der Waals surface area contributed by atoms with Crippen molar-refractivity contribution < 1.29 is 10.2 Å². The summed E-state index contributed by atoms with van der Waals surface area (Å²) in [6, 6.07) is 3.59. The lowest BCUT2D eigenvalue weighted by atomic mass is 10.1. The maximum Gasteiger partial charge on any atom is 0.227 e. The van der Waals surface area contributed by atoms with Gasteiger partial charge in [0.15, 0.2) is 0 Å². The van der Waals surface area contributed by atoms with E-state index in [0.717, 1.165) is 66.4 Å². The van der Waals surface area contributed by atoms with Crippen molar-refractivity contribution in [2.45, 2.75) is 31.2 Å². The van der Waals surface area contributed by atoms with E-state index in [-0.39, 0.29) is 18.5 Å².